The molecular weight excluding hydrogens is 266 g/mol. The number of carbonyl (C=O) groups is 1. The highest BCUT2D eigenvalue weighted by atomic mass is 32.1. The first kappa shape index (κ1) is 13.7. The number of esters is 1. The maximum Gasteiger partial charge on any atom is 0.357 e. The van der Waals surface area contributed by atoms with Crippen molar-refractivity contribution in [3.8, 4) is 10.6 Å². The molecule has 102 valence electrons. The summed E-state index contributed by atoms with van der Waals surface area (Å²) in [6, 6.07) is 0. The Labute approximate surface area is 115 Å². The average molecular weight is 281 g/mol. The molecule has 19 heavy (non-hydrogen) atoms. The Morgan fingerprint density at radius 1 is 1.47 bits per heavy atom. The molecule has 2 rings (SSSR count). The Hall–Kier alpha value is -1.73. The van der Waals surface area contributed by atoms with Crippen LogP contribution in [0.1, 0.15) is 16.9 Å². The number of hydrogen-bond acceptors (Lipinski definition) is 6. The van der Waals surface area contributed by atoms with Crippen molar-refractivity contribution < 1.29 is 14.3 Å². The topological polar surface area (TPSA) is 66.2 Å². The van der Waals surface area contributed by atoms with Crippen molar-refractivity contribution in [1.29, 1.82) is 0 Å². The molecular formula is C12H15N3O3S. The zero-order valence-electron chi connectivity index (χ0n) is 10.8. The number of ether oxygens (including phenoxy) is 2. The average Bonchev–Trinajstić information content (AvgIpc) is 3.02. The zero-order valence-corrected chi connectivity index (χ0v) is 11.6. The van der Waals surface area contributed by atoms with E-state index in [4.69, 9.17) is 9.47 Å². The fourth-order valence-corrected chi connectivity index (χ4v) is 2.24. The Morgan fingerprint density at radius 2 is 2.32 bits per heavy atom. The van der Waals surface area contributed by atoms with Crippen molar-refractivity contribution in [1.82, 2.24) is 14.8 Å². The summed E-state index contributed by atoms with van der Waals surface area (Å²) in [7, 11) is 3.45. The molecule has 2 heterocycles. The highest BCUT2D eigenvalue weighted by Gasteiger charge is 2.13. The lowest BCUT2D eigenvalue weighted by atomic mass is 10.4. The van der Waals surface area contributed by atoms with E-state index >= 15 is 0 Å². The van der Waals surface area contributed by atoms with Gasteiger partial charge in [-0.15, -0.1) is 11.3 Å². The van der Waals surface area contributed by atoms with Crippen molar-refractivity contribution in [2.45, 2.75) is 6.42 Å². The lowest BCUT2D eigenvalue weighted by molar-refractivity contribution is 0.0462. The second-order valence-electron chi connectivity index (χ2n) is 3.92. The van der Waals surface area contributed by atoms with Gasteiger partial charge in [-0.05, 0) is 0 Å². The summed E-state index contributed by atoms with van der Waals surface area (Å²) in [5.41, 5.74) is 1.23. The van der Waals surface area contributed by atoms with E-state index in [1.54, 1.807) is 23.4 Å². The van der Waals surface area contributed by atoms with Gasteiger partial charge in [0.05, 0.1) is 12.8 Å². The summed E-state index contributed by atoms with van der Waals surface area (Å²) >= 11 is 1.40. The molecule has 0 saturated carbocycles. The summed E-state index contributed by atoms with van der Waals surface area (Å²) in [5, 5.41) is 6.53. The van der Waals surface area contributed by atoms with Gasteiger partial charge in [0.1, 0.15) is 5.01 Å². The maximum atomic E-state index is 11.7. The monoisotopic (exact) mass is 281 g/mol. The molecule has 0 fully saturated rings. The second kappa shape index (κ2) is 6.44. The van der Waals surface area contributed by atoms with E-state index in [1.165, 1.54) is 11.3 Å². The normalized spacial score (nSPS) is 10.6. The van der Waals surface area contributed by atoms with Gasteiger partial charge in [0.15, 0.2) is 5.69 Å². The van der Waals surface area contributed by atoms with Crippen LogP contribution >= 0.6 is 11.3 Å². The summed E-state index contributed by atoms with van der Waals surface area (Å²) in [6.07, 6.45) is 4.25. The summed E-state index contributed by atoms with van der Waals surface area (Å²) in [4.78, 5) is 16.0. The largest absolute Gasteiger partial charge is 0.461 e. The van der Waals surface area contributed by atoms with E-state index < -0.39 is 5.97 Å². The van der Waals surface area contributed by atoms with Crippen LogP contribution in [0.4, 0.5) is 0 Å². The van der Waals surface area contributed by atoms with Crippen LogP contribution in [-0.4, -0.2) is 41.1 Å². The van der Waals surface area contributed by atoms with Gasteiger partial charge in [0, 0.05) is 44.3 Å². The fraction of sp³-hybridized carbons (Fsp3) is 0.417. The van der Waals surface area contributed by atoms with Crippen LogP contribution in [0.15, 0.2) is 17.8 Å². The van der Waals surface area contributed by atoms with Gasteiger partial charge in [0.2, 0.25) is 0 Å². The Morgan fingerprint density at radius 3 is 3.00 bits per heavy atom. The van der Waals surface area contributed by atoms with Crippen LogP contribution in [0.2, 0.25) is 0 Å². The first-order valence-corrected chi connectivity index (χ1v) is 6.69. The minimum absolute atomic E-state index is 0.335. The van der Waals surface area contributed by atoms with Gasteiger partial charge in [-0.1, -0.05) is 0 Å². The smallest absolute Gasteiger partial charge is 0.357 e. The number of thiazole rings is 1. The Balaban J connectivity index is 1.95. The third-order valence-corrected chi connectivity index (χ3v) is 3.28. The van der Waals surface area contributed by atoms with Gasteiger partial charge < -0.3 is 9.47 Å². The van der Waals surface area contributed by atoms with Crippen LogP contribution in [0.25, 0.3) is 10.6 Å². The number of aryl methyl sites for hydroxylation is 1. The van der Waals surface area contributed by atoms with Crippen molar-refractivity contribution in [3.05, 3.63) is 23.5 Å². The number of nitrogens with zero attached hydrogens (tertiary/aromatic N) is 3. The van der Waals surface area contributed by atoms with Crippen molar-refractivity contribution in [3.63, 3.8) is 0 Å². The Bertz CT molecular complexity index is 550. The number of aromatic nitrogens is 3. The molecule has 2 aromatic rings. The van der Waals surface area contributed by atoms with Crippen molar-refractivity contribution in [2.24, 2.45) is 7.05 Å². The van der Waals surface area contributed by atoms with E-state index in [2.05, 4.69) is 10.1 Å². The number of carbonyl (C=O) groups excluding carboxylic acids is 1. The molecule has 7 heteroatoms. The minimum atomic E-state index is -0.400. The molecule has 2 aromatic heterocycles. The molecule has 0 unspecified atom stereocenters. The maximum absolute atomic E-state index is 11.7. The molecule has 0 radical (unpaired) electrons. The van der Waals surface area contributed by atoms with Crippen molar-refractivity contribution >= 4 is 17.3 Å². The molecule has 0 amide bonds. The van der Waals surface area contributed by atoms with E-state index in [-0.39, 0.29) is 0 Å². The molecule has 0 aromatic carbocycles. The van der Waals surface area contributed by atoms with E-state index in [0.29, 0.717) is 25.3 Å². The van der Waals surface area contributed by atoms with Crippen LogP contribution in [-0.2, 0) is 16.5 Å². The minimum Gasteiger partial charge on any atom is -0.461 e. The molecule has 0 saturated heterocycles. The van der Waals surface area contributed by atoms with Gasteiger partial charge in [-0.25, -0.2) is 9.78 Å². The third-order valence-electron chi connectivity index (χ3n) is 2.39. The SMILES string of the molecule is COCCCOC(=O)c1csc(-c2cnn(C)c2)n1. The molecule has 0 aliphatic heterocycles. The number of hydrogen-bond donors (Lipinski definition) is 0. The lowest BCUT2D eigenvalue weighted by Crippen LogP contribution is -2.08. The summed E-state index contributed by atoms with van der Waals surface area (Å²) in [6.45, 7) is 0.914. The van der Waals surface area contributed by atoms with Gasteiger partial charge in [-0.3, -0.25) is 4.68 Å². The summed E-state index contributed by atoms with van der Waals surface area (Å²) in [5.74, 6) is -0.400. The molecule has 0 aliphatic rings. The predicted octanol–water partition coefficient (Wildman–Crippen LogP) is 1.74. The molecule has 6 nitrogen and oxygen atoms in total. The molecule has 0 bridgehead atoms. The predicted molar refractivity (Wildman–Crippen MR) is 71.1 cm³/mol. The molecule has 0 atom stereocenters. The van der Waals surface area contributed by atoms with E-state index in [1.807, 2.05) is 13.2 Å². The van der Waals surface area contributed by atoms with Crippen molar-refractivity contribution in [2.75, 3.05) is 20.3 Å². The third kappa shape index (κ3) is 3.62. The Kier molecular flexibility index (Phi) is 4.64. The van der Waals surface area contributed by atoms with Crippen LogP contribution < -0.4 is 0 Å². The quantitative estimate of drug-likeness (QED) is 0.596. The lowest BCUT2D eigenvalue weighted by Gasteiger charge is -2.01. The summed E-state index contributed by atoms with van der Waals surface area (Å²) < 4.78 is 11.7. The molecule has 0 spiro atoms. The van der Waals surface area contributed by atoms with Gasteiger partial charge >= 0.3 is 5.97 Å². The molecule has 0 aliphatic carbocycles. The highest BCUT2D eigenvalue weighted by Crippen LogP contribution is 2.23. The second-order valence-corrected chi connectivity index (χ2v) is 4.78. The zero-order chi connectivity index (χ0) is 13.7. The van der Waals surface area contributed by atoms with Crippen LogP contribution in [0.3, 0.4) is 0 Å². The first-order chi connectivity index (χ1) is 9.20. The van der Waals surface area contributed by atoms with E-state index in [9.17, 15) is 4.79 Å². The standard InChI is InChI=1S/C12H15N3O3S/c1-15-7-9(6-13-15)11-14-10(8-19-11)12(16)18-5-3-4-17-2/h6-8H,3-5H2,1-2H3. The number of methoxy groups -OCH3 is 1. The van der Waals surface area contributed by atoms with E-state index in [0.717, 1.165) is 10.6 Å². The first-order valence-electron chi connectivity index (χ1n) is 5.81. The molecule has 0 N–H and O–H groups in total. The van der Waals surface area contributed by atoms with Crippen LogP contribution in [0.5, 0.6) is 0 Å². The highest BCUT2D eigenvalue weighted by molar-refractivity contribution is 7.13. The fourth-order valence-electron chi connectivity index (χ4n) is 1.47. The number of rotatable bonds is 6. The van der Waals surface area contributed by atoms with Gasteiger partial charge in [-0.2, -0.15) is 5.10 Å². The van der Waals surface area contributed by atoms with Gasteiger partial charge in [0.25, 0.3) is 0 Å². The van der Waals surface area contributed by atoms with Crippen LogP contribution in [0, 0.1) is 0 Å².